The lowest BCUT2D eigenvalue weighted by Gasteiger charge is -2.61. The molecule has 2 unspecified atom stereocenters. The molecular formula is C23H26N6. The molecule has 4 bridgehead atoms. The molecule has 4 fully saturated rings. The van der Waals surface area contributed by atoms with Crippen molar-refractivity contribution in [1.82, 2.24) is 30.5 Å². The van der Waals surface area contributed by atoms with Crippen LogP contribution in [-0.4, -0.2) is 30.7 Å². The van der Waals surface area contributed by atoms with Crippen molar-refractivity contribution >= 4 is 0 Å². The normalized spacial score (nSPS) is 32.6. The molecule has 1 aromatic carbocycles. The molecule has 4 aliphatic carbocycles. The number of rotatable bonds is 5. The molecule has 0 radical (unpaired) electrons. The van der Waals surface area contributed by atoms with E-state index < -0.39 is 0 Å². The van der Waals surface area contributed by atoms with E-state index in [-0.39, 0.29) is 11.1 Å². The second-order valence-electron chi connectivity index (χ2n) is 9.46. The Bertz CT molecular complexity index is 968. The summed E-state index contributed by atoms with van der Waals surface area (Å²) in [6, 6.07) is 14.9. The van der Waals surface area contributed by atoms with Crippen molar-refractivity contribution in [3.63, 3.8) is 0 Å². The van der Waals surface area contributed by atoms with Gasteiger partial charge in [0.1, 0.15) is 0 Å². The predicted octanol–water partition coefficient (Wildman–Crippen LogP) is 3.57. The van der Waals surface area contributed by atoms with Gasteiger partial charge in [-0.15, -0.1) is 10.2 Å². The molecule has 1 N–H and O–H groups in total. The SMILES string of the molecule is c1ccc(-c2ccc(CNC34CC5CC(C3)CC(n3ncnn3)(C5)C4)cc2)nc1. The molecule has 6 nitrogen and oxygen atoms in total. The van der Waals surface area contributed by atoms with Crippen LogP contribution in [0.5, 0.6) is 0 Å². The number of pyridine rings is 1. The first-order valence-corrected chi connectivity index (χ1v) is 10.7. The van der Waals surface area contributed by atoms with Gasteiger partial charge in [0, 0.05) is 23.8 Å². The molecule has 148 valence electrons. The molecule has 0 saturated heterocycles. The van der Waals surface area contributed by atoms with Crippen molar-refractivity contribution in [3.05, 3.63) is 60.6 Å². The predicted molar refractivity (Wildman–Crippen MR) is 110 cm³/mol. The van der Waals surface area contributed by atoms with Gasteiger partial charge in [0.25, 0.3) is 0 Å². The van der Waals surface area contributed by atoms with Gasteiger partial charge in [0.05, 0.1) is 11.2 Å². The maximum Gasteiger partial charge on any atom is 0.162 e. The van der Waals surface area contributed by atoms with Crippen molar-refractivity contribution in [2.75, 3.05) is 0 Å². The molecular weight excluding hydrogens is 360 g/mol. The van der Waals surface area contributed by atoms with Gasteiger partial charge in [-0.1, -0.05) is 30.3 Å². The average Bonchev–Trinajstić information content (AvgIpc) is 3.29. The van der Waals surface area contributed by atoms with E-state index in [4.69, 9.17) is 0 Å². The summed E-state index contributed by atoms with van der Waals surface area (Å²) in [5.74, 6) is 1.56. The largest absolute Gasteiger partial charge is 0.307 e. The van der Waals surface area contributed by atoms with Crippen molar-refractivity contribution in [3.8, 4) is 11.3 Å². The molecule has 2 heterocycles. The van der Waals surface area contributed by atoms with Gasteiger partial charge in [-0.05, 0) is 73.3 Å². The maximum absolute atomic E-state index is 4.45. The summed E-state index contributed by atoms with van der Waals surface area (Å²) in [6.45, 7) is 0.906. The lowest BCUT2D eigenvalue weighted by Crippen LogP contribution is -2.65. The lowest BCUT2D eigenvalue weighted by molar-refractivity contribution is -0.0853. The van der Waals surface area contributed by atoms with Crippen LogP contribution < -0.4 is 5.32 Å². The molecule has 2 aromatic heterocycles. The summed E-state index contributed by atoms with van der Waals surface area (Å²) in [5.41, 5.74) is 3.79. The molecule has 3 aromatic rings. The summed E-state index contributed by atoms with van der Waals surface area (Å²) >= 11 is 0. The Kier molecular flexibility index (Phi) is 3.85. The number of hydrogen-bond donors (Lipinski definition) is 1. The van der Waals surface area contributed by atoms with Crippen LogP contribution in [0, 0.1) is 11.8 Å². The van der Waals surface area contributed by atoms with E-state index in [9.17, 15) is 0 Å². The third-order valence-electron chi connectivity index (χ3n) is 7.39. The fourth-order valence-electron chi connectivity index (χ4n) is 6.66. The van der Waals surface area contributed by atoms with E-state index in [1.807, 2.05) is 23.1 Å². The zero-order valence-corrected chi connectivity index (χ0v) is 16.5. The van der Waals surface area contributed by atoms with Crippen LogP contribution >= 0.6 is 0 Å². The van der Waals surface area contributed by atoms with Gasteiger partial charge >= 0.3 is 0 Å². The van der Waals surface area contributed by atoms with Crippen LogP contribution in [0.4, 0.5) is 0 Å². The van der Waals surface area contributed by atoms with Crippen LogP contribution in [-0.2, 0) is 12.1 Å². The van der Waals surface area contributed by atoms with E-state index in [1.54, 1.807) is 6.33 Å². The molecule has 0 spiro atoms. The van der Waals surface area contributed by atoms with Gasteiger partial charge in [0.15, 0.2) is 6.33 Å². The monoisotopic (exact) mass is 386 g/mol. The second kappa shape index (κ2) is 6.46. The third kappa shape index (κ3) is 2.97. The fraction of sp³-hybridized carbons (Fsp3) is 0.478. The van der Waals surface area contributed by atoms with E-state index >= 15 is 0 Å². The standard InChI is InChI=1S/C23H26N6/c1-2-8-24-21(3-1)20-6-4-17(5-7-20)14-25-22-10-18-9-19(11-22)13-23(12-18,15-22)29-27-16-26-28-29/h1-8,16,18-19,25H,9-15H2. The van der Waals surface area contributed by atoms with Crippen LogP contribution in [0.3, 0.4) is 0 Å². The van der Waals surface area contributed by atoms with Crippen LogP contribution in [0.15, 0.2) is 55.0 Å². The third-order valence-corrected chi connectivity index (χ3v) is 7.39. The quantitative estimate of drug-likeness (QED) is 0.726. The number of aromatic nitrogens is 5. The van der Waals surface area contributed by atoms with Crippen LogP contribution in [0.2, 0.25) is 0 Å². The Hall–Kier alpha value is -2.60. The van der Waals surface area contributed by atoms with Crippen molar-refractivity contribution < 1.29 is 0 Å². The molecule has 6 heteroatoms. The number of tetrazole rings is 1. The van der Waals surface area contributed by atoms with E-state index in [0.717, 1.165) is 30.5 Å². The Morgan fingerprint density at radius 3 is 2.52 bits per heavy atom. The minimum atomic E-state index is 0.0659. The average molecular weight is 387 g/mol. The van der Waals surface area contributed by atoms with Crippen molar-refractivity contribution in [2.45, 2.75) is 56.1 Å². The first-order chi connectivity index (χ1) is 14.2. The Balaban J connectivity index is 1.20. The minimum Gasteiger partial charge on any atom is -0.307 e. The zero-order chi connectivity index (χ0) is 19.3. The smallest absolute Gasteiger partial charge is 0.162 e. The number of nitrogens with one attached hydrogen (secondary N) is 1. The Morgan fingerprint density at radius 2 is 1.83 bits per heavy atom. The summed E-state index contributed by atoms with van der Waals surface area (Å²) in [4.78, 5) is 6.38. The first kappa shape index (κ1) is 17.3. The summed E-state index contributed by atoms with van der Waals surface area (Å²) in [6.07, 6.45) is 10.9. The van der Waals surface area contributed by atoms with E-state index in [2.05, 4.69) is 56.0 Å². The van der Waals surface area contributed by atoms with Crippen molar-refractivity contribution in [2.24, 2.45) is 11.8 Å². The highest BCUT2D eigenvalue weighted by Crippen LogP contribution is 2.60. The molecule has 4 aliphatic rings. The molecule has 29 heavy (non-hydrogen) atoms. The first-order valence-electron chi connectivity index (χ1n) is 10.7. The van der Waals surface area contributed by atoms with Gasteiger partial charge < -0.3 is 5.32 Å². The van der Waals surface area contributed by atoms with Gasteiger partial charge in [-0.25, -0.2) is 0 Å². The summed E-state index contributed by atoms with van der Waals surface area (Å²) in [7, 11) is 0. The number of nitrogens with zero attached hydrogens (tertiary/aromatic N) is 5. The van der Waals surface area contributed by atoms with E-state index in [0.29, 0.717) is 0 Å². The number of benzene rings is 1. The Morgan fingerprint density at radius 1 is 1.00 bits per heavy atom. The topological polar surface area (TPSA) is 68.5 Å². The van der Waals surface area contributed by atoms with Gasteiger partial charge in [-0.3, -0.25) is 4.98 Å². The Labute approximate surface area is 170 Å². The zero-order valence-electron chi connectivity index (χ0n) is 16.5. The number of hydrogen-bond acceptors (Lipinski definition) is 5. The molecule has 2 atom stereocenters. The highest BCUT2D eigenvalue weighted by molar-refractivity contribution is 5.58. The highest BCUT2D eigenvalue weighted by atomic mass is 15.6. The fourth-order valence-corrected chi connectivity index (χ4v) is 6.66. The highest BCUT2D eigenvalue weighted by Gasteiger charge is 2.59. The summed E-state index contributed by atoms with van der Waals surface area (Å²) in [5, 5.41) is 16.8. The summed E-state index contributed by atoms with van der Waals surface area (Å²) < 4.78 is 0. The van der Waals surface area contributed by atoms with E-state index in [1.165, 1.54) is 43.2 Å². The lowest BCUT2D eigenvalue weighted by atomic mass is 9.50. The molecule has 7 rings (SSSR count). The molecule has 0 amide bonds. The minimum absolute atomic E-state index is 0.0659. The van der Waals surface area contributed by atoms with Gasteiger partial charge in [0.2, 0.25) is 0 Å². The van der Waals surface area contributed by atoms with Crippen LogP contribution in [0.25, 0.3) is 11.3 Å². The van der Waals surface area contributed by atoms with Crippen molar-refractivity contribution in [1.29, 1.82) is 0 Å². The second-order valence-corrected chi connectivity index (χ2v) is 9.46. The van der Waals surface area contributed by atoms with Crippen LogP contribution in [0.1, 0.15) is 44.1 Å². The molecule has 0 aliphatic heterocycles. The molecule has 4 saturated carbocycles. The van der Waals surface area contributed by atoms with Gasteiger partial charge in [-0.2, -0.15) is 4.80 Å². The maximum atomic E-state index is 4.45.